The Morgan fingerprint density at radius 2 is 0.959 bits per heavy atom. The van der Waals surface area contributed by atoms with E-state index in [4.69, 9.17) is 0 Å². The van der Waals surface area contributed by atoms with Crippen molar-refractivity contribution < 1.29 is 39.5 Å². The lowest BCUT2D eigenvalue weighted by molar-refractivity contribution is -0.146. The van der Waals surface area contributed by atoms with Gasteiger partial charge in [0.25, 0.3) is 0 Å². The molecule has 2 aliphatic carbocycles. The van der Waals surface area contributed by atoms with Crippen LogP contribution in [0.1, 0.15) is 45.6 Å². The quantitative estimate of drug-likeness (QED) is 0.258. The fourth-order valence-corrected chi connectivity index (χ4v) is 4.94. The number of alkyl halides is 6. The number of allylic oxidation sites excluding steroid dienone is 8. The third kappa shape index (κ3) is 5.10. The lowest BCUT2D eigenvalue weighted by atomic mass is 9.90. The molecule has 21 heteroatoms. The highest BCUT2D eigenvalue weighted by molar-refractivity contribution is 6.29. The third-order valence-corrected chi connectivity index (χ3v) is 6.65. The predicted molar refractivity (Wildman–Crippen MR) is 137 cm³/mol. The molecule has 0 N–H and O–H groups in total. The molecule has 0 aliphatic heterocycles. The summed E-state index contributed by atoms with van der Waals surface area (Å²) in [5.74, 6) is -8.55. The van der Waals surface area contributed by atoms with Gasteiger partial charge in [-0.05, 0) is 11.6 Å². The van der Waals surface area contributed by atoms with Crippen LogP contribution in [-0.4, -0.2) is 29.9 Å². The van der Waals surface area contributed by atoms with Gasteiger partial charge in [-0.3, -0.25) is 0 Å². The summed E-state index contributed by atoms with van der Waals surface area (Å²) >= 11 is 0. The SMILES string of the molecule is N#CC(C#N)=C1C(c2nc(F)nc(C(F)(F)F)n2)=C(C#N)c2c1cc1c(c2F)C(=C(C#N)C#N)C(c2nc(F)nc(C(F)(F)F)n2)=C1C#N. The van der Waals surface area contributed by atoms with Crippen molar-refractivity contribution >= 4 is 33.4 Å². The molecule has 3 aromatic rings. The van der Waals surface area contributed by atoms with Crippen LogP contribution >= 0.6 is 0 Å². The number of hydrogen-bond donors (Lipinski definition) is 0. The van der Waals surface area contributed by atoms with Crippen molar-refractivity contribution in [2.75, 3.05) is 0 Å². The summed E-state index contributed by atoms with van der Waals surface area (Å²) in [6.45, 7) is 0. The minimum atomic E-state index is -5.41. The van der Waals surface area contributed by atoms with E-state index in [1.807, 2.05) is 0 Å². The topological polar surface area (TPSA) is 220 Å². The number of benzene rings is 1. The second-order valence-corrected chi connectivity index (χ2v) is 9.21. The number of halogens is 9. The van der Waals surface area contributed by atoms with Crippen molar-refractivity contribution in [3.8, 4) is 36.4 Å². The average Bonchev–Trinajstić information content (AvgIpc) is 3.54. The highest BCUT2D eigenvalue weighted by Crippen LogP contribution is 2.55. The Bertz CT molecular complexity index is 2430. The van der Waals surface area contributed by atoms with E-state index in [2.05, 4.69) is 29.9 Å². The summed E-state index contributed by atoms with van der Waals surface area (Å²) in [5.41, 5.74) is -11.2. The first-order valence-electron chi connectivity index (χ1n) is 12.3. The van der Waals surface area contributed by atoms with Gasteiger partial charge < -0.3 is 0 Å². The van der Waals surface area contributed by atoms with E-state index < -0.39 is 120 Å². The number of nitrogens with zero attached hydrogens (tertiary/aromatic N) is 12. The molecule has 12 nitrogen and oxygen atoms in total. The second kappa shape index (κ2) is 11.4. The molecule has 2 heterocycles. The summed E-state index contributed by atoms with van der Waals surface area (Å²) in [6.07, 6.45) is -14.9. The monoisotopic (exact) mass is 676 g/mol. The van der Waals surface area contributed by atoms with Crippen LogP contribution in [0.15, 0.2) is 17.2 Å². The maximum absolute atomic E-state index is 16.8. The summed E-state index contributed by atoms with van der Waals surface area (Å²) in [6, 6.07) is 9.09. The predicted octanol–water partition coefficient (Wildman–Crippen LogP) is 5.01. The zero-order valence-corrected chi connectivity index (χ0v) is 22.8. The fourth-order valence-electron chi connectivity index (χ4n) is 4.94. The molecule has 236 valence electrons. The summed E-state index contributed by atoms with van der Waals surface area (Å²) in [7, 11) is 0. The number of nitriles is 6. The van der Waals surface area contributed by atoms with E-state index in [0.717, 1.165) is 6.07 Å². The van der Waals surface area contributed by atoms with Gasteiger partial charge in [0, 0.05) is 39.0 Å². The molecule has 0 spiro atoms. The van der Waals surface area contributed by atoms with Crippen LogP contribution < -0.4 is 0 Å². The van der Waals surface area contributed by atoms with E-state index in [1.165, 1.54) is 36.4 Å². The molecule has 0 saturated carbocycles. The van der Waals surface area contributed by atoms with Crippen LogP contribution in [0, 0.1) is 86.0 Å². The summed E-state index contributed by atoms with van der Waals surface area (Å²) < 4.78 is 126. The molecular weight excluding hydrogens is 675 g/mol. The molecule has 0 bridgehead atoms. The maximum atomic E-state index is 16.8. The van der Waals surface area contributed by atoms with Gasteiger partial charge in [0.1, 0.15) is 53.4 Å². The van der Waals surface area contributed by atoms with Crippen LogP contribution in [0.25, 0.3) is 33.4 Å². The van der Waals surface area contributed by atoms with Gasteiger partial charge in [-0.25, -0.2) is 14.4 Å². The normalized spacial score (nSPS) is 13.4. The van der Waals surface area contributed by atoms with Gasteiger partial charge in [-0.2, -0.15) is 86.6 Å². The van der Waals surface area contributed by atoms with Gasteiger partial charge in [0.05, 0.1) is 11.1 Å². The Balaban J connectivity index is 1.98. The minimum Gasteiger partial charge on any atom is -0.206 e. The maximum Gasteiger partial charge on any atom is 0.451 e. The Hall–Kier alpha value is -7.49. The van der Waals surface area contributed by atoms with Crippen molar-refractivity contribution in [1.29, 1.82) is 31.6 Å². The number of aromatic nitrogens is 6. The number of hydrogen-bond acceptors (Lipinski definition) is 12. The highest BCUT2D eigenvalue weighted by Gasteiger charge is 2.44. The van der Waals surface area contributed by atoms with Crippen LogP contribution in [0.3, 0.4) is 0 Å². The first kappa shape index (κ1) is 32.9. The van der Waals surface area contributed by atoms with E-state index in [1.54, 1.807) is 0 Å². The van der Waals surface area contributed by atoms with E-state index in [9.17, 15) is 66.7 Å². The molecule has 0 amide bonds. The highest BCUT2D eigenvalue weighted by atomic mass is 19.4. The Morgan fingerprint density at radius 1 is 0.531 bits per heavy atom. The van der Waals surface area contributed by atoms with Gasteiger partial charge in [-0.1, -0.05) is 0 Å². The van der Waals surface area contributed by atoms with Gasteiger partial charge in [0.15, 0.2) is 11.6 Å². The average molecular weight is 676 g/mol. The number of rotatable bonds is 2. The van der Waals surface area contributed by atoms with Crippen LogP contribution in [-0.2, 0) is 12.4 Å². The van der Waals surface area contributed by atoms with Crippen molar-refractivity contribution in [3.05, 3.63) is 80.7 Å². The van der Waals surface area contributed by atoms with Gasteiger partial charge in [-0.15, -0.1) is 0 Å². The fraction of sp³-hybridized carbons (Fsp3) is 0.0714. The minimum absolute atomic E-state index is 0.697. The van der Waals surface area contributed by atoms with Crippen molar-refractivity contribution in [3.63, 3.8) is 0 Å². The zero-order valence-electron chi connectivity index (χ0n) is 22.8. The Morgan fingerprint density at radius 3 is 1.37 bits per heavy atom. The van der Waals surface area contributed by atoms with Crippen LogP contribution in [0.2, 0.25) is 0 Å². The van der Waals surface area contributed by atoms with E-state index >= 15 is 4.39 Å². The van der Waals surface area contributed by atoms with E-state index in [0.29, 0.717) is 0 Å². The molecule has 0 unspecified atom stereocenters. The molecule has 0 fully saturated rings. The van der Waals surface area contributed by atoms with E-state index in [-0.39, 0.29) is 0 Å². The number of fused-ring (bicyclic) bond motifs is 2. The zero-order chi connectivity index (χ0) is 36.2. The van der Waals surface area contributed by atoms with Crippen LogP contribution in [0.5, 0.6) is 0 Å². The van der Waals surface area contributed by atoms with Crippen molar-refractivity contribution in [2.24, 2.45) is 0 Å². The molecule has 0 saturated heterocycles. The van der Waals surface area contributed by atoms with Crippen molar-refractivity contribution in [1.82, 2.24) is 29.9 Å². The first-order chi connectivity index (χ1) is 23.1. The standard InChI is InChI=1S/C28HF9N12/c29-20-16-11(14(8(2-38)3-39)19(13(16)7-43)22-45-24(28(35,36)37)49-26(31)47-22)1-10-12(6-42)18(15(17(10)20)9(4-40)5-41)21-44-23(27(32,33)34)48-25(30)46-21/h1H. The van der Waals surface area contributed by atoms with Crippen molar-refractivity contribution in [2.45, 2.75) is 12.4 Å². The second-order valence-electron chi connectivity index (χ2n) is 9.21. The molecule has 5 rings (SSSR count). The Labute approximate surface area is 264 Å². The molecule has 1 aromatic carbocycles. The van der Waals surface area contributed by atoms with Crippen LogP contribution in [0.4, 0.5) is 39.5 Å². The summed E-state index contributed by atoms with van der Waals surface area (Å²) in [4.78, 5) is 17.5. The Kier molecular flexibility index (Phi) is 7.65. The molecule has 0 radical (unpaired) electrons. The smallest absolute Gasteiger partial charge is 0.206 e. The van der Waals surface area contributed by atoms with Gasteiger partial charge in [0.2, 0.25) is 11.6 Å². The lowest BCUT2D eigenvalue weighted by Gasteiger charge is -2.12. The molecular formula is C28HF9N12. The lowest BCUT2D eigenvalue weighted by Crippen LogP contribution is -2.15. The molecule has 0 atom stereocenters. The first-order valence-corrected chi connectivity index (χ1v) is 12.3. The molecule has 2 aliphatic rings. The molecule has 2 aromatic heterocycles. The largest absolute Gasteiger partial charge is 0.451 e. The molecule has 49 heavy (non-hydrogen) atoms. The summed E-state index contributed by atoms with van der Waals surface area (Å²) in [5, 5.41) is 59.0. The third-order valence-electron chi connectivity index (χ3n) is 6.65. The van der Waals surface area contributed by atoms with Gasteiger partial charge >= 0.3 is 24.5 Å².